The zero-order valence-electron chi connectivity index (χ0n) is 12.0. The lowest BCUT2D eigenvalue weighted by Gasteiger charge is -2.28. The molecule has 3 N–H and O–H groups in total. The first kappa shape index (κ1) is 14.7. The van der Waals surface area contributed by atoms with Gasteiger partial charge in [-0.3, -0.25) is 4.79 Å². The van der Waals surface area contributed by atoms with E-state index in [2.05, 4.69) is 10.6 Å². The molecule has 2 rings (SSSR count). The fraction of sp³-hybridized carbons (Fsp3) is 0.533. The molecule has 0 radical (unpaired) electrons. The summed E-state index contributed by atoms with van der Waals surface area (Å²) in [6, 6.07) is 7.52. The number of hydrogen-bond acceptors (Lipinski definition) is 4. The van der Waals surface area contributed by atoms with Crippen LogP contribution in [0.5, 0.6) is 5.75 Å². The first-order valence-electron chi connectivity index (χ1n) is 7.01. The Balaban J connectivity index is 1.89. The number of para-hydroxylation sites is 2. The van der Waals surface area contributed by atoms with Crippen molar-refractivity contribution in [2.45, 2.75) is 38.4 Å². The summed E-state index contributed by atoms with van der Waals surface area (Å²) < 4.78 is 5.66. The van der Waals surface area contributed by atoms with Crippen molar-refractivity contribution in [3.05, 3.63) is 24.3 Å². The Hall–Kier alpha value is -1.75. The van der Waals surface area contributed by atoms with E-state index in [0.717, 1.165) is 12.1 Å². The van der Waals surface area contributed by atoms with Crippen molar-refractivity contribution in [1.29, 1.82) is 0 Å². The fourth-order valence-corrected chi connectivity index (χ4v) is 2.28. The topological polar surface area (TPSA) is 70.6 Å². The average molecular weight is 278 g/mol. The molecule has 5 nitrogen and oxygen atoms in total. The maximum Gasteiger partial charge on any atom is 0.263 e. The molecule has 0 aliphatic carbocycles. The van der Waals surface area contributed by atoms with Crippen LogP contribution in [0.25, 0.3) is 0 Å². The fourth-order valence-electron chi connectivity index (χ4n) is 2.28. The smallest absolute Gasteiger partial charge is 0.263 e. The summed E-state index contributed by atoms with van der Waals surface area (Å²) in [4.78, 5) is 12.1. The van der Waals surface area contributed by atoms with Crippen molar-refractivity contribution in [3.8, 4) is 5.75 Å². The van der Waals surface area contributed by atoms with Gasteiger partial charge in [0.25, 0.3) is 5.91 Å². The van der Waals surface area contributed by atoms with E-state index in [1.807, 2.05) is 31.2 Å². The van der Waals surface area contributed by atoms with Gasteiger partial charge in [0.15, 0.2) is 6.10 Å². The van der Waals surface area contributed by atoms with Crippen molar-refractivity contribution in [3.63, 3.8) is 0 Å². The molecular weight excluding hydrogens is 256 g/mol. The third-order valence-electron chi connectivity index (χ3n) is 3.36. The van der Waals surface area contributed by atoms with Crippen LogP contribution in [0.15, 0.2) is 24.3 Å². The third-order valence-corrected chi connectivity index (χ3v) is 3.36. The van der Waals surface area contributed by atoms with Gasteiger partial charge in [0.2, 0.25) is 0 Å². The zero-order chi connectivity index (χ0) is 14.6. The molecule has 2 atom stereocenters. The SMILES string of the molecule is CCCC(C)(O)CNC(=O)C1CNc2ccccc2O1. The van der Waals surface area contributed by atoms with Gasteiger partial charge in [-0.05, 0) is 25.5 Å². The van der Waals surface area contributed by atoms with Crippen LogP contribution in [0, 0.1) is 0 Å². The Bertz CT molecular complexity index is 474. The summed E-state index contributed by atoms with van der Waals surface area (Å²) in [5.41, 5.74) is 0.0271. The van der Waals surface area contributed by atoms with E-state index in [1.54, 1.807) is 6.92 Å². The first-order chi connectivity index (χ1) is 9.52. The molecule has 0 aromatic heterocycles. The van der Waals surface area contributed by atoms with Gasteiger partial charge in [-0.2, -0.15) is 0 Å². The van der Waals surface area contributed by atoms with Crippen LogP contribution < -0.4 is 15.4 Å². The number of carbonyl (C=O) groups excluding carboxylic acids is 1. The number of aliphatic hydroxyl groups is 1. The van der Waals surface area contributed by atoms with Gasteiger partial charge >= 0.3 is 0 Å². The number of amides is 1. The summed E-state index contributed by atoms with van der Waals surface area (Å²) in [5.74, 6) is 0.475. The van der Waals surface area contributed by atoms with Gasteiger partial charge in [0.1, 0.15) is 5.75 Å². The minimum atomic E-state index is -0.871. The van der Waals surface area contributed by atoms with E-state index < -0.39 is 11.7 Å². The second-order valence-corrected chi connectivity index (χ2v) is 5.45. The number of hydrogen-bond donors (Lipinski definition) is 3. The Morgan fingerprint density at radius 2 is 2.30 bits per heavy atom. The second-order valence-electron chi connectivity index (χ2n) is 5.45. The highest BCUT2D eigenvalue weighted by Crippen LogP contribution is 2.28. The van der Waals surface area contributed by atoms with Crippen molar-refractivity contribution >= 4 is 11.6 Å². The predicted molar refractivity (Wildman–Crippen MR) is 77.9 cm³/mol. The molecule has 0 fully saturated rings. The Morgan fingerprint density at radius 3 is 3.05 bits per heavy atom. The number of carbonyl (C=O) groups is 1. The van der Waals surface area contributed by atoms with Crippen LogP contribution in [0.1, 0.15) is 26.7 Å². The lowest BCUT2D eigenvalue weighted by Crippen LogP contribution is -2.49. The van der Waals surface area contributed by atoms with Crippen LogP contribution in [-0.2, 0) is 4.79 Å². The van der Waals surface area contributed by atoms with Crippen LogP contribution in [0.4, 0.5) is 5.69 Å². The number of anilines is 1. The van der Waals surface area contributed by atoms with E-state index in [9.17, 15) is 9.90 Å². The quantitative estimate of drug-likeness (QED) is 0.764. The minimum Gasteiger partial charge on any atom is -0.477 e. The van der Waals surface area contributed by atoms with Gasteiger partial charge in [0.05, 0.1) is 17.8 Å². The number of fused-ring (bicyclic) bond motifs is 1. The molecule has 1 aliphatic rings. The van der Waals surface area contributed by atoms with Gasteiger partial charge < -0.3 is 20.5 Å². The molecule has 0 spiro atoms. The second kappa shape index (κ2) is 6.13. The number of benzene rings is 1. The summed E-state index contributed by atoms with van der Waals surface area (Å²) >= 11 is 0. The maximum absolute atomic E-state index is 12.1. The van der Waals surface area contributed by atoms with E-state index in [-0.39, 0.29) is 12.5 Å². The zero-order valence-corrected chi connectivity index (χ0v) is 12.0. The molecule has 1 aliphatic heterocycles. The standard InChI is InChI=1S/C15H22N2O3/c1-3-8-15(2,19)10-17-14(18)13-9-16-11-6-4-5-7-12(11)20-13/h4-7,13,16,19H,3,8-10H2,1-2H3,(H,17,18). The highest BCUT2D eigenvalue weighted by Gasteiger charge is 2.27. The van der Waals surface area contributed by atoms with Gasteiger partial charge in [-0.1, -0.05) is 25.5 Å². The highest BCUT2D eigenvalue weighted by atomic mass is 16.5. The highest BCUT2D eigenvalue weighted by molar-refractivity contribution is 5.83. The lowest BCUT2D eigenvalue weighted by molar-refractivity contribution is -0.128. The molecule has 1 amide bonds. The van der Waals surface area contributed by atoms with E-state index in [0.29, 0.717) is 18.7 Å². The van der Waals surface area contributed by atoms with Crippen molar-refractivity contribution in [1.82, 2.24) is 5.32 Å². The van der Waals surface area contributed by atoms with E-state index in [4.69, 9.17) is 4.74 Å². The third kappa shape index (κ3) is 3.63. The summed E-state index contributed by atoms with van der Waals surface area (Å²) in [6.07, 6.45) is 0.958. The monoisotopic (exact) mass is 278 g/mol. The van der Waals surface area contributed by atoms with Gasteiger partial charge in [0, 0.05) is 6.54 Å². The Kier molecular flexibility index (Phi) is 4.49. The number of ether oxygens (including phenoxy) is 1. The van der Waals surface area contributed by atoms with Crippen LogP contribution in [0.2, 0.25) is 0 Å². The van der Waals surface area contributed by atoms with Crippen LogP contribution in [0.3, 0.4) is 0 Å². The van der Waals surface area contributed by atoms with Crippen molar-refractivity contribution in [2.24, 2.45) is 0 Å². The molecule has 1 aromatic carbocycles. The number of nitrogens with one attached hydrogen (secondary N) is 2. The summed E-state index contributed by atoms with van der Waals surface area (Å²) in [7, 11) is 0. The lowest BCUT2D eigenvalue weighted by atomic mass is 10.0. The van der Waals surface area contributed by atoms with Crippen molar-refractivity contribution in [2.75, 3.05) is 18.4 Å². The first-order valence-corrected chi connectivity index (χ1v) is 7.01. The van der Waals surface area contributed by atoms with Crippen molar-refractivity contribution < 1.29 is 14.6 Å². The molecule has 0 saturated heterocycles. The van der Waals surface area contributed by atoms with E-state index in [1.165, 1.54) is 0 Å². The molecule has 5 heteroatoms. The molecule has 0 saturated carbocycles. The molecule has 110 valence electrons. The predicted octanol–water partition coefficient (Wildman–Crippen LogP) is 1.53. The summed E-state index contributed by atoms with van der Waals surface area (Å²) in [5, 5.41) is 16.0. The summed E-state index contributed by atoms with van der Waals surface area (Å²) in [6.45, 7) is 4.40. The molecular formula is C15H22N2O3. The molecule has 1 heterocycles. The normalized spacial score (nSPS) is 20.1. The minimum absolute atomic E-state index is 0.205. The van der Waals surface area contributed by atoms with Gasteiger partial charge in [-0.25, -0.2) is 0 Å². The Morgan fingerprint density at radius 1 is 1.55 bits per heavy atom. The Labute approximate surface area is 119 Å². The molecule has 1 aromatic rings. The number of rotatable bonds is 5. The maximum atomic E-state index is 12.1. The van der Waals surface area contributed by atoms with Gasteiger partial charge in [-0.15, -0.1) is 0 Å². The average Bonchev–Trinajstić information content (AvgIpc) is 2.44. The largest absolute Gasteiger partial charge is 0.477 e. The van der Waals surface area contributed by atoms with E-state index >= 15 is 0 Å². The van der Waals surface area contributed by atoms with Crippen LogP contribution in [-0.4, -0.2) is 35.8 Å². The van der Waals surface area contributed by atoms with Crippen LogP contribution >= 0.6 is 0 Å². The molecule has 2 unspecified atom stereocenters. The molecule has 20 heavy (non-hydrogen) atoms. The molecule has 0 bridgehead atoms.